The van der Waals surface area contributed by atoms with Crippen LogP contribution in [0, 0.1) is 29.8 Å². The van der Waals surface area contributed by atoms with Crippen molar-refractivity contribution in [1.29, 1.82) is 0 Å². The molecule has 0 spiro atoms. The average Bonchev–Trinajstić information content (AvgIpc) is 2.96. The first-order valence-electron chi connectivity index (χ1n) is 8.86. The van der Waals surface area contributed by atoms with Crippen LogP contribution in [0.5, 0.6) is 0 Å². The van der Waals surface area contributed by atoms with Crippen molar-refractivity contribution in [3.05, 3.63) is 93.0 Å². The van der Waals surface area contributed by atoms with E-state index in [1.165, 1.54) is 24.4 Å². The Hall–Kier alpha value is -3.81. The van der Waals surface area contributed by atoms with Crippen LogP contribution in [0.3, 0.4) is 0 Å². The minimum atomic E-state index is -0.524. The zero-order valence-electron chi connectivity index (χ0n) is 15.9. The zero-order valence-corrected chi connectivity index (χ0v) is 15.9. The fourth-order valence-electron chi connectivity index (χ4n) is 3.15. The minimum Gasteiger partial charge on any atom is -0.315 e. The normalized spacial score (nSPS) is 11.0. The number of carbonyl (C=O) groups is 1. The van der Waals surface area contributed by atoms with E-state index in [0.717, 1.165) is 17.0 Å². The first-order chi connectivity index (χ1) is 13.9. The second-order valence-corrected chi connectivity index (χ2v) is 6.47. The Morgan fingerprint density at radius 3 is 2.62 bits per heavy atom. The van der Waals surface area contributed by atoms with Crippen LogP contribution < -0.4 is 5.43 Å². The number of nitrogens with one attached hydrogen (secondary N) is 1. The van der Waals surface area contributed by atoms with Crippen LogP contribution in [0.15, 0.2) is 59.7 Å². The van der Waals surface area contributed by atoms with Gasteiger partial charge in [0.2, 0.25) is 5.91 Å². The number of aryl methyl sites for hydroxylation is 1. The Kier molecular flexibility index (Phi) is 5.82. The lowest BCUT2D eigenvalue weighted by molar-refractivity contribution is -0.385. The highest BCUT2D eigenvalue weighted by Gasteiger charge is 2.15. The van der Waals surface area contributed by atoms with E-state index in [-0.39, 0.29) is 17.9 Å². The first-order valence-corrected chi connectivity index (χ1v) is 8.86. The summed E-state index contributed by atoms with van der Waals surface area (Å²) in [5.74, 6) is -0.811. The van der Waals surface area contributed by atoms with Crippen LogP contribution >= 0.6 is 0 Å². The Morgan fingerprint density at radius 1 is 1.21 bits per heavy atom. The van der Waals surface area contributed by atoms with Gasteiger partial charge in [0.25, 0.3) is 5.69 Å². The molecule has 29 heavy (non-hydrogen) atoms. The molecule has 0 aliphatic carbocycles. The topological polar surface area (TPSA) is 89.5 Å². The van der Waals surface area contributed by atoms with Gasteiger partial charge in [-0.25, -0.2) is 9.82 Å². The number of amides is 1. The summed E-state index contributed by atoms with van der Waals surface area (Å²) in [5, 5.41) is 15.0. The molecule has 1 N–H and O–H groups in total. The minimum absolute atomic E-state index is 0.111. The lowest BCUT2D eigenvalue weighted by Gasteiger charge is -2.10. The van der Waals surface area contributed by atoms with E-state index in [9.17, 15) is 19.3 Å². The summed E-state index contributed by atoms with van der Waals surface area (Å²) in [6.45, 7) is 3.68. The summed E-state index contributed by atoms with van der Waals surface area (Å²) in [6, 6.07) is 14.4. The summed E-state index contributed by atoms with van der Waals surface area (Å²) in [6.07, 6.45) is 1.31. The van der Waals surface area contributed by atoms with Gasteiger partial charge in [-0.05, 0) is 32.0 Å². The first kappa shape index (κ1) is 19.9. The molecule has 0 radical (unpaired) electrons. The highest BCUT2D eigenvalue weighted by Crippen LogP contribution is 2.22. The third-order valence-electron chi connectivity index (χ3n) is 4.50. The van der Waals surface area contributed by atoms with Crippen molar-refractivity contribution in [2.75, 3.05) is 0 Å². The molecule has 1 aromatic heterocycles. The molecular formula is C21H19FN4O3. The van der Waals surface area contributed by atoms with Crippen LogP contribution in [0.2, 0.25) is 0 Å². The molecular weight excluding hydrogens is 375 g/mol. The fraction of sp³-hybridized carbons (Fsp3) is 0.143. The summed E-state index contributed by atoms with van der Waals surface area (Å²) in [4.78, 5) is 22.6. The summed E-state index contributed by atoms with van der Waals surface area (Å²) >= 11 is 0. The number of para-hydroxylation sites is 2. The van der Waals surface area contributed by atoms with Gasteiger partial charge in [-0.2, -0.15) is 5.10 Å². The van der Waals surface area contributed by atoms with Gasteiger partial charge in [0.15, 0.2) is 0 Å². The van der Waals surface area contributed by atoms with E-state index in [4.69, 9.17) is 0 Å². The van der Waals surface area contributed by atoms with Crippen LogP contribution in [-0.2, 0) is 11.2 Å². The number of nitro groups is 1. The van der Waals surface area contributed by atoms with Gasteiger partial charge < -0.3 is 4.57 Å². The predicted octanol–water partition coefficient (Wildman–Crippen LogP) is 3.83. The Bertz CT molecular complexity index is 1110. The van der Waals surface area contributed by atoms with Crippen LogP contribution in [0.25, 0.3) is 5.69 Å². The average molecular weight is 394 g/mol. The van der Waals surface area contributed by atoms with Gasteiger partial charge >= 0.3 is 0 Å². The van der Waals surface area contributed by atoms with Crippen molar-refractivity contribution >= 4 is 17.8 Å². The maximum absolute atomic E-state index is 14.1. The number of carbonyl (C=O) groups excluding carboxylic acids is 1. The number of halogens is 1. The van der Waals surface area contributed by atoms with Gasteiger partial charge in [-0.3, -0.25) is 14.9 Å². The third-order valence-corrected chi connectivity index (χ3v) is 4.50. The van der Waals surface area contributed by atoms with E-state index < -0.39 is 10.8 Å². The molecule has 1 amide bonds. The highest BCUT2D eigenvalue weighted by molar-refractivity contribution is 5.85. The van der Waals surface area contributed by atoms with E-state index in [1.54, 1.807) is 34.9 Å². The lowest BCUT2D eigenvalue weighted by atomic mass is 10.1. The van der Waals surface area contributed by atoms with E-state index >= 15 is 0 Å². The van der Waals surface area contributed by atoms with Gasteiger partial charge in [-0.15, -0.1) is 0 Å². The summed E-state index contributed by atoms with van der Waals surface area (Å²) in [5.41, 5.74) is 5.31. The van der Waals surface area contributed by atoms with Crippen molar-refractivity contribution < 1.29 is 14.1 Å². The van der Waals surface area contributed by atoms with Gasteiger partial charge in [0, 0.05) is 28.6 Å². The second kappa shape index (κ2) is 8.47. The maximum Gasteiger partial charge on any atom is 0.273 e. The fourth-order valence-corrected chi connectivity index (χ4v) is 3.15. The third kappa shape index (κ3) is 4.37. The number of nitrogens with zero attached hydrogens (tertiary/aromatic N) is 3. The van der Waals surface area contributed by atoms with Crippen molar-refractivity contribution in [2.45, 2.75) is 20.3 Å². The molecule has 2 aromatic carbocycles. The molecule has 0 atom stereocenters. The van der Waals surface area contributed by atoms with Crippen LogP contribution in [0.1, 0.15) is 22.5 Å². The molecule has 0 fully saturated rings. The zero-order chi connectivity index (χ0) is 21.0. The number of benzene rings is 2. The quantitative estimate of drug-likeness (QED) is 0.391. The molecule has 0 saturated heterocycles. The predicted molar refractivity (Wildman–Crippen MR) is 108 cm³/mol. The summed E-state index contributed by atoms with van der Waals surface area (Å²) in [7, 11) is 0. The number of aromatic nitrogens is 1. The molecule has 7 nitrogen and oxygen atoms in total. The van der Waals surface area contributed by atoms with Crippen molar-refractivity contribution in [2.24, 2.45) is 5.10 Å². The van der Waals surface area contributed by atoms with Gasteiger partial charge in [0.1, 0.15) is 5.82 Å². The smallest absolute Gasteiger partial charge is 0.273 e. The number of nitro benzene ring substituents is 1. The van der Waals surface area contributed by atoms with Crippen LogP contribution in [-0.4, -0.2) is 21.6 Å². The van der Waals surface area contributed by atoms with Crippen molar-refractivity contribution in [3.63, 3.8) is 0 Å². The summed E-state index contributed by atoms with van der Waals surface area (Å²) < 4.78 is 15.9. The lowest BCUT2D eigenvalue weighted by Crippen LogP contribution is -2.20. The Balaban J connectivity index is 1.73. The Morgan fingerprint density at radius 2 is 1.90 bits per heavy atom. The molecule has 0 bridgehead atoms. The van der Waals surface area contributed by atoms with Crippen LogP contribution in [0.4, 0.5) is 10.1 Å². The second-order valence-electron chi connectivity index (χ2n) is 6.47. The molecule has 8 heteroatoms. The number of hydrazone groups is 1. The Labute approximate surface area is 166 Å². The monoisotopic (exact) mass is 394 g/mol. The highest BCUT2D eigenvalue weighted by atomic mass is 19.1. The SMILES string of the molecule is Cc1cc(/C=N/NC(=O)Cc2ccccc2[N+](=O)[O-])c(C)n1-c1ccccc1F. The number of hydrogen-bond donors (Lipinski definition) is 1. The molecule has 148 valence electrons. The van der Waals surface area contributed by atoms with E-state index in [0.29, 0.717) is 11.3 Å². The molecule has 1 heterocycles. The molecule has 3 rings (SSSR count). The van der Waals surface area contributed by atoms with Crippen molar-refractivity contribution in [3.8, 4) is 5.69 Å². The van der Waals surface area contributed by atoms with E-state index in [2.05, 4.69) is 10.5 Å². The maximum atomic E-state index is 14.1. The molecule has 0 unspecified atom stereocenters. The number of rotatable bonds is 6. The standard InChI is InChI=1S/C21H19FN4O3/c1-14-11-17(15(2)25(14)20-10-6-4-8-18(20)22)13-23-24-21(27)12-16-7-3-5-9-19(16)26(28)29/h3-11,13H,12H2,1-2H3,(H,24,27)/b23-13+. The largest absolute Gasteiger partial charge is 0.315 e. The number of hydrogen-bond acceptors (Lipinski definition) is 4. The van der Waals surface area contributed by atoms with Gasteiger partial charge in [0.05, 0.1) is 23.2 Å². The van der Waals surface area contributed by atoms with Crippen molar-refractivity contribution in [1.82, 2.24) is 9.99 Å². The van der Waals surface area contributed by atoms with E-state index in [1.807, 2.05) is 19.9 Å². The molecule has 3 aromatic rings. The molecule has 0 aliphatic heterocycles. The van der Waals surface area contributed by atoms with Gasteiger partial charge in [-0.1, -0.05) is 30.3 Å². The molecule has 0 aliphatic rings. The molecule has 0 saturated carbocycles.